The fourth-order valence-corrected chi connectivity index (χ4v) is 4.44. The van der Waals surface area contributed by atoms with Gasteiger partial charge in [-0.3, -0.25) is 0 Å². The maximum absolute atomic E-state index is 6.93. The van der Waals surface area contributed by atoms with Crippen LogP contribution in [-0.2, 0) is 10.8 Å². The van der Waals surface area contributed by atoms with Crippen molar-refractivity contribution in [1.82, 2.24) is 4.90 Å². The van der Waals surface area contributed by atoms with Gasteiger partial charge < -0.3 is 14.1 Å². The lowest BCUT2D eigenvalue weighted by Gasteiger charge is -2.43. The molecule has 2 aromatic carbocycles. The molecule has 2 rings (SSSR count). The molecule has 4 heteroatoms. The Morgan fingerprint density at radius 2 is 1.55 bits per heavy atom. The summed E-state index contributed by atoms with van der Waals surface area (Å²) in [4.78, 5) is 2.43. The van der Waals surface area contributed by atoms with Crippen molar-refractivity contribution in [2.75, 3.05) is 20.7 Å². The molecular weight excluding hydrogens is 374 g/mol. The molecule has 0 aliphatic carbocycles. The van der Waals surface area contributed by atoms with E-state index in [1.807, 2.05) is 12.1 Å². The Balaban J connectivity index is 2.14. The van der Waals surface area contributed by atoms with Crippen LogP contribution in [0.2, 0.25) is 18.1 Å². The minimum Gasteiger partial charge on any atom is -0.497 e. The first-order valence-corrected chi connectivity index (χ1v) is 13.5. The molecule has 0 fully saturated rings. The largest absolute Gasteiger partial charge is 0.497 e. The maximum atomic E-state index is 6.93. The minimum absolute atomic E-state index is 0.0676. The maximum Gasteiger partial charge on any atom is 0.192 e. The predicted octanol–water partition coefficient (Wildman–Crippen LogP) is 6.32. The molecule has 0 N–H and O–H groups in total. The van der Waals surface area contributed by atoms with Crippen LogP contribution in [0.5, 0.6) is 5.75 Å². The number of hydrogen-bond donors (Lipinski definition) is 0. The lowest BCUT2D eigenvalue weighted by Crippen LogP contribution is -2.46. The molecule has 0 saturated heterocycles. The van der Waals surface area contributed by atoms with Crippen molar-refractivity contribution in [1.29, 1.82) is 0 Å². The molecule has 0 heterocycles. The molecule has 2 aromatic rings. The molecule has 3 nitrogen and oxygen atoms in total. The smallest absolute Gasteiger partial charge is 0.192 e. The van der Waals surface area contributed by atoms with Crippen LogP contribution < -0.4 is 4.74 Å². The van der Waals surface area contributed by atoms with Gasteiger partial charge in [-0.05, 0) is 61.8 Å². The Bertz CT molecular complexity index is 738. The fourth-order valence-electron chi connectivity index (χ4n) is 3.11. The molecule has 0 bridgehead atoms. The molecule has 0 radical (unpaired) electrons. The molecular formula is C25H39NO2Si. The average Bonchev–Trinajstić information content (AvgIpc) is 2.70. The number of benzene rings is 2. The number of rotatable bonds is 9. The Hall–Kier alpha value is -1.62. The van der Waals surface area contributed by atoms with Crippen LogP contribution in [0, 0.1) is 0 Å². The summed E-state index contributed by atoms with van der Waals surface area (Å²) < 4.78 is 12.2. The van der Waals surface area contributed by atoms with E-state index in [4.69, 9.17) is 9.16 Å². The van der Waals surface area contributed by atoms with Gasteiger partial charge in [-0.1, -0.05) is 63.2 Å². The molecule has 0 aliphatic heterocycles. The molecule has 0 amide bonds. The van der Waals surface area contributed by atoms with Crippen LogP contribution in [0.15, 0.2) is 54.6 Å². The van der Waals surface area contributed by atoms with Gasteiger partial charge in [0, 0.05) is 12.6 Å². The van der Waals surface area contributed by atoms with Gasteiger partial charge in [0.15, 0.2) is 8.32 Å². The van der Waals surface area contributed by atoms with Crippen molar-refractivity contribution >= 4 is 8.32 Å². The summed E-state index contributed by atoms with van der Waals surface area (Å²) in [5.74, 6) is 0.905. The summed E-state index contributed by atoms with van der Waals surface area (Å²) in [5, 5.41) is 0.182. The van der Waals surface area contributed by atoms with Gasteiger partial charge >= 0.3 is 0 Å². The van der Waals surface area contributed by atoms with Crippen LogP contribution in [0.4, 0.5) is 0 Å². The Morgan fingerprint density at radius 1 is 0.966 bits per heavy atom. The Labute approximate surface area is 179 Å². The third kappa shape index (κ3) is 6.43. The van der Waals surface area contributed by atoms with E-state index >= 15 is 0 Å². The quantitative estimate of drug-likeness (QED) is 0.449. The van der Waals surface area contributed by atoms with E-state index in [-0.39, 0.29) is 17.2 Å². The first-order chi connectivity index (χ1) is 13.5. The molecule has 0 unspecified atom stereocenters. The number of nitrogens with zero attached hydrogens (tertiary/aromatic N) is 1. The molecule has 0 aromatic heterocycles. The molecule has 160 valence electrons. The molecule has 0 spiro atoms. The van der Waals surface area contributed by atoms with Crippen LogP contribution in [-0.4, -0.2) is 40.0 Å². The van der Waals surface area contributed by atoms with Gasteiger partial charge in [0.05, 0.1) is 13.2 Å². The van der Waals surface area contributed by atoms with Crippen LogP contribution in [0.1, 0.15) is 44.9 Å². The molecule has 0 saturated carbocycles. The van der Waals surface area contributed by atoms with Crippen LogP contribution >= 0.6 is 0 Å². The SMILES string of the molecule is COc1ccc(CCN(C)[C@@H](C)[C@H](O[Si](C)(C)C(C)(C)C)c2ccccc2)cc1. The topological polar surface area (TPSA) is 21.7 Å². The normalized spacial score (nSPS) is 14.7. The molecule has 2 atom stereocenters. The highest BCUT2D eigenvalue weighted by Gasteiger charge is 2.41. The van der Waals surface area contributed by atoms with Crippen LogP contribution in [0.3, 0.4) is 0 Å². The summed E-state index contributed by atoms with van der Waals surface area (Å²) in [6.07, 6.45) is 1.07. The van der Waals surface area contributed by atoms with Crippen molar-refractivity contribution in [2.45, 2.75) is 64.4 Å². The number of hydrogen-bond acceptors (Lipinski definition) is 3. The monoisotopic (exact) mass is 413 g/mol. The first kappa shape index (κ1) is 23.7. The van der Waals surface area contributed by atoms with Gasteiger partial charge in [0.25, 0.3) is 0 Å². The fraction of sp³-hybridized carbons (Fsp3) is 0.520. The lowest BCUT2D eigenvalue weighted by atomic mass is 10.0. The van der Waals surface area contributed by atoms with Crippen molar-refractivity contribution in [3.05, 3.63) is 65.7 Å². The Kier molecular flexibility index (Phi) is 8.09. The highest BCUT2D eigenvalue weighted by atomic mass is 28.4. The van der Waals surface area contributed by atoms with E-state index in [0.29, 0.717) is 0 Å². The van der Waals surface area contributed by atoms with E-state index in [1.165, 1.54) is 11.1 Å². The van der Waals surface area contributed by atoms with E-state index in [2.05, 4.69) is 95.2 Å². The zero-order chi connectivity index (χ0) is 21.7. The third-order valence-corrected chi connectivity index (χ3v) is 10.9. The van der Waals surface area contributed by atoms with Gasteiger partial charge in [-0.2, -0.15) is 0 Å². The highest BCUT2D eigenvalue weighted by molar-refractivity contribution is 6.74. The van der Waals surface area contributed by atoms with Gasteiger partial charge in [-0.25, -0.2) is 0 Å². The van der Waals surface area contributed by atoms with Crippen molar-refractivity contribution in [3.63, 3.8) is 0 Å². The van der Waals surface area contributed by atoms with Crippen LogP contribution in [0.25, 0.3) is 0 Å². The van der Waals surface area contributed by atoms with Crippen molar-refractivity contribution < 1.29 is 9.16 Å². The molecule has 29 heavy (non-hydrogen) atoms. The minimum atomic E-state index is -1.90. The van der Waals surface area contributed by atoms with E-state index in [9.17, 15) is 0 Å². The van der Waals surface area contributed by atoms with Gasteiger partial charge in [0.2, 0.25) is 0 Å². The summed E-state index contributed by atoms with van der Waals surface area (Å²) in [6.45, 7) is 14.9. The number of methoxy groups -OCH3 is 1. The Morgan fingerprint density at radius 3 is 2.07 bits per heavy atom. The zero-order valence-corrected chi connectivity index (χ0v) is 20.5. The van der Waals surface area contributed by atoms with Gasteiger partial charge in [-0.15, -0.1) is 0 Å². The molecule has 0 aliphatic rings. The predicted molar refractivity (Wildman–Crippen MR) is 126 cm³/mol. The number of ether oxygens (including phenoxy) is 1. The summed E-state index contributed by atoms with van der Waals surface area (Å²) in [6, 6.07) is 19.4. The third-order valence-electron chi connectivity index (χ3n) is 6.40. The van der Waals surface area contributed by atoms with E-state index in [1.54, 1.807) is 7.11 Å². The average molecular weight is 414 g/mol. The summed E-state index contributed by atoms with van der Waals surface area (Å²) in [5.41, 5.74) is 2.59. The van der Waals surface area contributed by atoms with E-state index < -0.39 is 8.32 Å². The second kappa shape index (κ2) is 9.92. The summed E-state index contributed by atoms with van der Waals surface area (Å²) in [7, 11) is 2.02. The standard InChI is InChI=1S/C25H39NO2Si/c1-20(26(5)19-18-21-14-16-23(27-6)17-15-21)24(22-12-10-9-11-13-22)28-29(7,8)25(2,3)4/h9-17,20,24H,18-19H2,1-8H3/t20-,24-/m0/s1. The van der Waals surface area contributed by atoms with E-state index in [0.717, 1.165) is 18.7 Å². The van der Waals surface area contributed by atoms with Crippen molar-refractivity contribution in [3.8, 4) is 5.75 Å². The second-order valence-corrected chi connectivity index (χ2v) is 14.3. The first-order valence-electron chi connectivity index (χ1n) is 10.6. The lowest BCUT2D eigenvalue weighted by molar-refractivity contribution is 0.0812. The number of likely N-dealkylation sites (N-methyl/N-ethyl adjacent to an activating group) is 1. The van der Waals surface area contributed by atoms with Gasteiger partial charge in [0.1, 0.15) is 5.75 Å². The summed E-state index contributed by atoms with van der Waals surface area (Å²) >= 11 is 0. The highest BCUT2D eigenvalue weighted by Crippen LogP contribution is 2.41. The zero-order valence-electron chi connectivity index (χ0n) is 19.5. The van der Waals surface area contributed by atoms with Crippen molar-refractivity contribution in [2.24, 2.45) is 0 Å². The second-order valence-electron chi connectivity index (χ2n) is 9.53.